The van der Waals surface area contributed by atoms with E-state index in [9.17, 15) is 0 Å². The van der Waals surface area contributed by atoms with Gasteiger partial charge in [-0.25, -0.2) is 4.98 Å². The number of aromatic nitrogens is 2. The number of nitrogens with one attached hydrogen (secondary N) is 2. The monoisotopic (exact) mass is 433 g/mol. The summed E-state index contributed by atoms with van der Waals surface area (Å²) in [4.78, 5) is 13.9. The van der Waals surface area contributed by atoms with Gasteiger partial charge in [0.05, 0.1) is 18.9 Å². The fraction of sp³-hybridized carbons (Fsp3) is 0.458. The lowest BCUT2D eigenvalue weighted by molar-refractivity contribution is 0.312. The first kappa shape index (κ1) is 21.9. The van der Waals surface area contributed by atoms with Gasteiger partial charge in [-0.1, -0.05) is 12.8 Å². The second kappa shape index (κ2) is 10.3. The molecule has 2 aliphatic rings. The Hall–Kier alpha value is -3.31. The lowest BCUT2D eigenvalue weighted by Gasteiger charge is -2.34. The third kappa shape index (κ3) is 5.29. The van der Waals surface area contributed by atoms with Crippen molar-refractivity contribution in [1.29, 1.82) is 5.26 Å². The molecule has 1 aromatic heterocycles. The summed E-state index contributed by atoms with van der Waals surface area (Å²) in [5.74, 6) is 1.99. The van der Waals surface area contributed by atoms with Crippen LogP contribution in [0, 0.1) is 11.3 Å². The first-order chi connectivity index (χ1) is 15.7. The van der Waals surface area contributed by atoms with E-state index in [-0.39, 0.29) is 0 Å². The van der Waals surface area contributed by atoms with Crippen molar-refractivity contribution >= 4 is 29.2 Å². The van der Waals surface area contributed by atoms with Crippen LogP contribution >= 0.6 is 0 Å². The molecule has 0 unspecified atom stereocenters. The highest BCUT2D eigenvalue weighted by Gasteiger charge is 2.18. The summed E-state index contributed by atoms with van der Waals surface area (Å²) >= 11 is 0. The number of ether oxygens (including phenoxy) is 1. The number of nitriles is 1. The zero-order chi connectivity index (χ0) is 22.3. The molecule has 0 atom stereocenters. The van der Waals surface area contributed by atoms with Gasteiger partial charge in [0.2, 0.25) is 5.95 Å². The van der Waals surface area contributed by atoms with E-state index in [1.165, 1.54) is 18.9 Å². The van der Waals surface area contributed by atoms with Gasteiger partial charge < -0.3 is 25.2 Å². The zero-order valence-corrected chi connectivity index (χ0v) is 18.8. The summed E-state index contributed by atoms with van der Waals surface area (Å²) in [6.45, 7) is 4.12. The maximum absolute atomic E-state index is 8.91. The quantitative estimate of drug-likeness (QED) is 0.636. The van der Waals surface area contributed by atoms with Crippen LogP contribution in [-0.2, 0) is 0 Å². The molecule has 1 saturated heterocycles. The Morgan fingerprint density at radius 2 is 1.97 bits per heavy atom. The summed E-state index contributed by atoms with van der Waals surface area (Å²) in [5, 5.41) is 15.8. The highest BCUT2D eigenvalue weighted by molar-refractivity contribution is 5.70. The van der Waals surface area contributed by atoms with E-state index in [1.807, 2.05) is 12.1 Å². The molecule has 0 amide bonds. The van der Waals surface area contributed by atoms with Crippen LogP contribution in [0.25, 0.3) is 6.08 Å². The van der Waals surface area contributed by atoms with Crippen molar-refractivity contribution in [1.82, 2.24) is 14.9 Å². The molecule has 2 aromatic rings. The van der Waals surface area contributed by atoms with E-state index in [0.717, 1.165) is 67.5 Å². The van der Waals surface area contributed by atoms with Gasteiger partial charge in [0.1, 0.15) is 11.6 Å². The lowest BCUT2D eigenvalue weighted by Crippen LogP contribution is -2.44. The first-order valence-electron chi connectivity index (χ1n) is 11.2. The third-order valence-corrected chi connectivity index (χ3v) is 6.15. The number of allylic oxidation sites excluding steroid dienone is 1. The van der Waals surface area contributed by atoms with Crippen LogP contribution in [0.2, 0.25) is 0 Å². The van der Waals surface area contributed by atoms with Crippen molar-refractivity contribution < 1.29 is 4.74 Å². The predicted molar refractivity (Wildman–Crippen MR) is 129 cm³/mol. The molecule has 1 aliphatic carbocycles. The van der Waals surface area contributed by atoms with Gasteiger partial charge in [-0.05, 0) is 38.1 Å². The number of likely N-dealkylation sites (N-methyl/N-ethyl adjacent to an activating group) is 1. The van der Waals surface area contributed by atoms with E-state index in [4.69, 9.17) is 15.0 Å². The summed E-state index contributed by atoms with van der Waals surface area (Å²) < 4.78 is 5.67. The second-order valence-electron chi connectivity index (χ2n) is 8.39. The topological polar surface area (TPSA) is 89.3 Å². The molecule has 1 saturated carbocycles. The van der Waals surface area contributed by atoms with Crippen molar-refractivity contribution in [3.05, 3.63) is 36.0 Å². The number of hydrogen-bond donors (Lipinski definition) is 2. The molecule has 0 radical (unpaired) electrons. The Morgan fingerprint density at radius 1 is 1.19 bits per heavy atom. The van der Waals surface area contributed by atoms with Crippen molar-refractivity contribution in [3.8, 4) is 11.8 Å². The van der Waals surface area contributed by atoms with Gasteiger partial charge in [0.25, 0.3) is 0 Å². The van der Waals surface area contributed by atoms with Gasteiger partial charge in [0, 0.05) is 61.8 Å². The number of methoxy groups -OCH3 is 1. The molecule has 32 heavy (non-hydrogen) atoms. The molecule has 2 heterocycles. The van der Waals surface area contributed by atoms with Gasteiger partial charge >= 0.3 is 0 Å². The summed E-state index contributed by atoms with van der Waals surface area (Å²) in [5.41, 5.74) is 2.78. The van der Waals surface area contributed by atoms with Crippen LogP contribution in [-0.4, -0.2) is 61.2 Å². The van der Waals surface area contributed by atoms with Crippen LogP contribution < -0.4 is 20.3 Å². The lowest BCUT2D eigenvalue weighted by atomic mass is 10.2. The molecule has 1 aromatic carbocycles. The highest BCUT2D eigenvalue weighted by Crippen LogP contribution is 2.32. The molecule has 168 valence electrons. The highest BCUT2D eigenvalue weighted by atomic mass is 16.5. The van der Waals surface area contributed by atoms with Crippen LogP contribution in [0.5, 0.6) is 5.75 Å². The number of benzene rings is 1. The molecular weight excluding hydrogens is 402 g/mol. The van der Waals surface area contributed by atoms with Crippen LogP contribution in [0.15, 0.2) is 30.5 Å². The second-order valence-corrected chi connectivity index (χ2v) is 8.39. The molecular formula is C24H31N7O. The van der Waals surface area contributed by atoms with E-state index >= 15 is 0 Å². The molecule has 0 spiro atoms. The minimum atomic E-state index is 0.407. The van der Waals surface area contributed by atoms with Crippen molar-refractivity contribution in [2.75, 3.05) is 55.9 Å². The Morgan fingerprint density at radius 3 is 2.69 bits per heavy atom. The molecule has 2 N–H and O–H groups in total. The van der Waals surface area contributed by atoms with Gasteiger partial charge in [-0.2, -0.15) is 10.2 Å². The molecule has 8 nitrogen and oxygen atoms in total. The van der Waals surface area contributed by atoms with Gasteiger partial charge in [-0.15, -0.1) is 0 Å². The molecule has 8 heteroatoms. The number of rotatable bonds is 7. The van der Waals surface area contributed by atoms with Gasteiger partial charge in [0.15, 0.2) is 0 Å². The Kier molecular flexibility index (Phi) is 7.07. The Balaban J connectivity index is 1.54. The molecule has 0 bridgehead atoms. The number of nitrogens with zero attached hydrogens (tertiary/aromatic N) is 5. The van der Waals surface area contributed by atoms with E-state index in [2.05, 4.69) is 44.6 Å². The largest absolute Gasteiger partial charge is 0.494 e. The van der Waals surface area contributed by atoms with Crippen LogP contribution in [0.3, 0.4) is 0 Å². The predicted octanol–water partition coefficient (Wildman–Crippen LogP) is 3.87. The number of hydrogen-bond acceptors (Lipinski definition) is 8. The van der Waals surface area contributed by atoms with E-state index < -0.39 is 0 Å². The molecule has 1 aliphatic heterocycles. The van der Waals surface area contributed by atoms with E-state index in [0.29, 0.717) is 12.0 Å². The molecule has 4 rings (SSSR count). The SMILES string of the molecule is COc1cc(N2CCN(C)CC2)ccc1Nc1ncc(/C=C/C#N)c(NC2CCCC2)n1. The first-order valence-corrected chi connectivity index (χ1v) is 11.2. The maximum atomic E-state index is 8.91. The van der Waals surface area contributed by atoms with Crippen LogP contribution in [0.4, 0.5) is 23.1 Å². The smallest absolute Gasteiger partial charge is 0.229 e. The fourth-order valence-electron chi connectivity index (χ4n) is 4.24. The van der Waals surface area contributed by atoms with Crippen molar-refractivity contribution in [2.45, 2.75) is 31.7 Å². The van der Waals surface area contributed by atoms with Crippen molar-refractivity contribution in [3.63, 3.8) is 0 Å². The maximum Gasteiger partial charge on any atom is 0.229 e. The van der Waals surface area contributed by atoms with Crippen molar-refractivity contribution in [2.24, 2.45) is 0 Å². The summed E-state index contributed by atoms with van der Waals surface area (Å²) in [6, 6.07) is 8.64. The summed E-state index contributed by atoms with van der Waals surface area (Å²) in [7, 11) is 3.83. The number of anilines is 4. The standard InChI is InChI=1S/C24H31N7O/c1-30-12-14-31(15-13-30)20-9-10-21(22(16-20)32-2)28-24-26-17-18(6-5-11-25)23(29-24)27-19-7-3-4-8-19/h5-6,9-10,16-17,19H,3-4,7-8,12-15H2,1-2H3,(H2,26,27,28,29)/b6-5+. The molecule has 2 fully saturated rings. The van der Waals surface area contributed by atoms with Gasteiger partial charge in [-0.3, -0.25) is 0 Å². The number of piperazine rings is 1. The average Bonchev–Trinajstić information content (AvgIpc) is 3.32. The van der Waals surface area contributed by atoms with E-state index in [1.54, 1.807) is 19.4 Å². The minimum Gasteiger partial charge on any atom is -0.494 e. The Bertz CT molecular complexity index is 986. The average molecular weight is 434 g/mol. The normalized spacial score (nSPS) is 17.5. The summed E-state index contributed by atoms with van der Waals surface area (Å²) in [6.07, 6.45) is 9.66. The fourth-order valence-corrected chi connectivity index (χ4v) is 4.24. The third-order valence-electron chi connectivity index (χ3n) is 6.15. The Labute approximate surface area is 189 Å². The zero-order valence-electron chi connectivity index (χ0n) is 18.8. The minimum absolute atomic E-state index is 0.407. The van der Waals surface area contributed by atoms with Crippen LogP contribution in [0.1, 0.15) is 31.2 Å².